The van der Waals surface area contributed by atoms with Crippen molar-refractivity contribution in [1.29, 1.82) is 0 Å². The van der Waals surface area contributed by atoms with Gasteiger partial charge in [-0.1, -0.05) is 6.07 Å². The summed E-state index contributed by atoms with van der Waals surface area (Å²) in [5.74, 6) is 0.230. The number of rotatable bonds is 4. The van der Waals surface area contributed by atoms with Gasteiger partial charge in [-0.15, -0.1) is 11.3 Å². The smallest absolute Gasteiger partial charge is 0.0474 e. The van der Waals surface area contributed by atoms with E-state index in [1.807, 2.05) is 11.4 Å². The average Bonchev–Trinajstić information content (AvgIpc) is 2.52. The molecule has 1 aromatic heterocycles. The summed E-state index contributed by atoms with van der Waals surface area (Å²) in [6.07, 6.45) is 0.907. The van der Waals surface area contributed by atoms with Gasteiger partial charge in [-0.3, -0.25) is 0 Å². The highest BCUT2D eigenvalue weighted by Gasteiger charge is 2.05. The van der Waals surface area contributed by atoms with Gasteiger partial charge in [0.05, 0.1) is 0 Å². The average molecular weight is 171 g/mol. The standard InChI is InChI=1S/C8H13NOS/c9-5-7(6-10)4-8-2-1-3-11-8/h1-3,7,10H,4-6,9H2/t7-/m0/s1. The number of nitrogens with two attached hydrogens (primary N) is 1. The first kappa shape index (κ1) is 8.71. The third-order valence-electron chi connectivity index (χ3n) is 1.66. The summed E-state index contributed by atoms with van der Waals surface area (Å²) in [5, 5.41) is 10.9. The second-order valence-electron chi connectivity index (χ2n) is 2.57. The second kappa shape index (κ2) is 4.49. The van der Waals surface area contributed by atoms with Crippen molar-refractivity contribution in [2.45, 2.75) is 6.42 Å². The highest BCUT2D eigenvalue weighted by Crippen LogP contribution is 2.13. The van der Waals surface area contributed by atoms with Crippen LogP contribution >= 0.6 is 11.3 Å². The number of aliphatic hydroxyl groups is 1. The molecule has 0 aliphatic rings. The van der Waals surface area contributed by atoms with E-state index >= 15 is 0 Å². The van der Waals surface area contributed by atoms with Gasteiger partial charge < -0.3 is 10.8 Å². The lowest BCUT2D eigenvalue weighted by Gasteiger charge is -2.08. The van der Waals surface area contributed by atoms with E-state index in [1.165, 1.54) is 4.88 Å². The quantitative estimate of drug-likeness (QED) is 0.705. The summed E-state index contributed by atoms with van der Waals surface area (Å²) in [7, 11) is 0. The Bertz CT molecular complexity index is 182. The first-order chi connectivity index (χ1) is 5.36. The maximum absolute atomic E-state index is 8.85. The van der Waals surface area contributed by atoms with E-state index in [1.54, 1.807) is 11.3 Å². The zero-order valence-corrected chi connectivity index (χ0v) is 7.18. The summed E-state index contributed by atoms with van der Waals surface area (Å²) in [4.78, 5) is 1.30. The van der Waals surface area contributed by atoms with Crippen molar-refractivity contribution in [3.63, 3.8) is 0 Å². The van der Waals surface area contributed by atoms with E-state index in [0.29, 0.717) is 6.54 Å². The molecule has 0 amide bonds. The Kier molecular flexibility index (Phi) is 3.56. The molecule has 0 aliphatic carbocycles. The Hall–Kier alpha value is -0.380. The summed E-state index contributed by atoms with van der Waals surface area (Å²) in [5.41, 5.74) is 5.44. The molecule has 11 heavy (non-hydrogen) atoms. The molecule has 62 valence electrons. The Morgan fingerprint density at radius 3 is 2.91 bits per heavy atom. The minimum Gasteiger partial charge on any atom is -0.396 e. The molecule has 0 unspecified atom stereocenters. The van der Waals surface area contributed by atoms with Crippen LogP contribution in [0.3, 0.4) is 0 Å². The van der Waals surface area contributed by atoms with Gasteiger partial charge >= 0.3 is 0 Å². The molecular formula is C8H13NOS. The van der Waals surface area contributed by atoms with Crippen molar-refractivity contribution < 1.29 is 5.11 Å². The highest BCUT2D eigenvalue weighted by atomic mass is 32.1. The topological polar surface area (TPSA) is 46.2 Å². The minimum absolute atomic E-state index is 0.189. The predicted octanol–water partition coefficient (Wildman–Crippen LogP) is 0.858. The van der Waals surface area contributed by atoms with E-state index in [2.05, 4.69) is 6.07 Å². The van der Waals surface area contributed by atoms with Crippen molar-refractivity contribution in [2.24, 2.45) is 11.7 Å². The zero-order valence-electron chi connectivity index (χ0n) is 6.36. The molecule has 1 rings (SSSR count). The molecule has 0 radical (unpaired) electrons. The van der Waals surface area contributed by atoms with Crippen LogP contribution in [0.1, 0.15) is 4.88 Å². The van der Waals surface area contributed by atoms with Gasteiger partial charge in [0.1, 0.15) is 0 Å². The van der Waals surface area contributed by atoms with Crippen molar-refractivity contribution in [1.82, 2.24) is 0 Å². The Balaban J connectivity index is 2.41. The van der Waals surface area contributed by atoms with Crippen LogP contribution in [0.5, 0.6) is 0 Å². The van der Waals surface area contributed by atoms with Crippen LogP contribution in [-0.2, 0) is 6.42 Å². The Morgan fingerprint density at radius 1 is 1.64 bits per heavy atom. The van der Waals surface area contributed by atoms with E-state index in [9.17, 15) is 0 Å². The number of aliphatic hydroxyl groups excluding tert-OH is 1. The molecule has 0 saturated carbocycles. The largest absolute Gasteiger partial charge is 0.396 e. The van der Waals surface area contributed by atoms with Crippen LogP contribution in [0.25, 0.3) is 0 Å². The van der Waals surface area contributed by atoms with Crippen LogP contribution in [0.4, 0.5) is 0 Å². The fourth-order valence-corrected chi connectivity index (χ4v) is 1.76. The van der Waals surface area contributed by atoms with Gasteiger partial charge in [0, 0.05) is 11.5 Å². The molecule has 1 heterocycles. The Morgan fingerprint density at radius 2 is 2.45 bits per heavy atom. The molecule has 0 fully saturated rings. The van der Waals surface area contributed by atoms with E-state index in [-0.39, 0.29) is 12.5 Å². The van der Waals surface area contributed by atoms with Crippen LogP contribution in [-0.4, -0.2) is 18.3 Å². The molecule has 0 aliphatic heterocycles. The first-order valence-electron chi connectivity index (χ1n) is 3.70. The fourth-order valence-electron chi connectivity index (χ4n) is 0.936. The van der Waals surface area contributed by atoms with Gasteiger partial charge in [0.15, 0.2) is 0 Å². The lowest BCUT2D eigenvalue weighted by atomic mass is 10.1. The van der Waals surface area contributed by atoms with Crippen molar-refractivity contribution in [3.05, 3.63) is 22.4 Å². The molecule has 0 spiro atoms. The number of thiophene rings is 1. The van der Waals surface area contributed by atoms with Gasteiger partial charge in [-0.25, -0.2) is 0 Å². The molecular weight excluding hydrogens is 158 g/mol. The van der Waals surface area contributed by atoms with Crippen LogP contribution in [0, 0.1) is 5.92 Å². The van der Waals surface area contributed by atoms with E-state index < -0.39 is 0 Å². The SMILES string of the molecule is NC[C@@H](CO)Cc1cccs1. The van der Waals surface area contributed by atoms with Gasteiger partial charge in [-0.05, 0) is 30.3 Å². The fraction of sp³-hybridized carbons (Fsp3) is 0.500. The molecule has 1 aromatic rings. The van der Waals surface area contributed by atoms with Gasteiger partial charge in [0.2, 0.25) is 0 Å². The summed E-state index contributed by atoms with van der Waals surface area (Å²) < 4.78 is 0. The number of hydrogen-bond donors (Lipinski definition) is 2. The maximum atomic E-state index is 8.85. The van der Waals surface area contributed by atoms with Gasteiger partial charge in [-0.2, -0.15) is 0 Å². The van der Waals surface area contributed by atoms with Crippen LogP contribution in [0.15, 0.2) is 17.5 Å². The lowest BCUT2D eigenvalue weighted by molar-refractivity contribution is 0.230. The normalized spacial score (nSPS) is 13.3. The zero-order chi connectivity index (χ0) is 8.10. The summed E-state index contributed by atoms with van der Waals surface area (Å²) in [6.45, 7) is 0.753. The summed E-state index contributed by atoms with van der Waals surface area (Å²) >= 11 is 1.72. The maximum Gasteiger partial charge on any atom is 0.0474 e. The molecule has 3 N–H and O–H groups in total. The predicted molar refractivity (Wildman–Crippen MR) is 47.7 cm³/mol. The van der Waals surface area contributed by atoms with Crippen LogP contribution < -0.4 is 5.73 Å². The molecule has 3 heteroatoms. The van der Waals surface area contributed by atoms with Crippen molar-refractivity contribution >= 4 is 11.3 Å². The molecule has 1 atom stereocenters. The number of hydrogen-bond acceptors (Lipinski definition) is 3. The van der Waals surface area contributed by atoms with E-state index in [0.717, 1.165) is 6.42 Å². The van der Waals surface area contributed by atoms with Crippen molar-refractivity contribution in [2.75, 3.05) is 13.2 Å². The van der Waals surface area contributed by atoms with Crippen molar-refractivity contribution in [3.8, 4) is 0 Å². The van der Waals surface area contributed by atoms with E-state index in [4.69, 9.17) is 10.8 Å². The Labute approximate surface area is 70.7 Å². The van der Waals surface area contributed by atoms with Crippen LogP contribution in [0.2, 0.25) is 0 Å². The molecule has 0 saturated heterocycles. The third kappa shape index (κ3) is 2.61. The monoisotopic (exact) mass is 171 g/mol. The lowest BCUT2D eigenvalue weighted by Crippen LogP contribution is -2.19. The second-order valence-corrected chi connectivity index (χ2v) is 3.60. The highest BCUT2D eigenvalue weighted by molar-refractivity contribution is 7.09. The van der Waals surface area contributed by atoms with Gasteiger partial charge in [0.25, 0.3) is 0 Å². The first-order valence-corrected chi connectivity index (χ1v) is 4.58. The third-order valence-corrected chi connectivity index (χ3v) is 2.56. The minimum atomic E-state index is 0.189. The molecule has 2 nitrogen and oxygen atoms in total. The summed E-state index contributed by atoms with van der Waals surface area (Å²) in [6, 6.07) is 4.09. The molecule has 0 bridgehead atoms. The molecule has 0 aromatic carbocycles.